The van der Waals surface area contributed by atoms with Gasteiger partial charge in [-0.25, -0.2) is 13.2 Å². The van der Waals surface area contributed by atoms with E-state index in [1.165, 1.54) is 18.2 Å². The van der Waals surface area contributed by atoms with Gasteiger partial charge in [0.2, 0.25) is 0 Å². The quantitative estimate of drug-likeness (QED) is 0.906. The lowest BCUT2D eigenvalue weighted by atomic mass is 9.88. The molecule has 21 heavy (non-hydrogen) atoms. The first kappa shape index (κ1) is 15.8. The monoisotopic (exact) mass is 315 g/mol. The molecule has 112 valence electrons. The van der Waals surface area contributed by atoms with Gasteiger partial charge in [0.1, 0.15) is 17.5 Å². The predicted molar refractivity (Wildman–Crippen MR) is 74.5 cm³/mol. The Kier molecular flexibility index (Phi) is 4.88. The van der Waals surface area contributed by atoms with Crippen molar-refractivity contribution >= 4 is 11.6 Å². The van der Waals surface area contributed by atoms with E-state index in [2.05, 4.69) is 0 Å². The number of aliphatic hydroxyl groups is 1. The van der Waals surface area contributed by atoms with E-state index >= 15 is 0 Å². The molecule has 2 aromatic rings. The van der Waals surface area contributed by atoms with Gasteiger partial charge in [0, 0.05) is 28.6 Å². The van der Waals surface area contributed by atoms with Crippen LogP contribution >= 0.6 is 11.6 Å². The highest BCUT2D eigenvalue weighted by Gasteiger charge is 2.28. The van der Waals surface area contributed by atoms with Crippen molar-refractivity contribution < 1.29 is 18.3 Å². The van der Waals surface area contributed by atoms with Gasteiger partial charge in [-0.3, -0.25) is 0 Å². The zero-order chi connectivity index (χ0) is 15.6. The molecule has 6 heteroatoms. The van der Waals surface area contributed by atoms with Crippen molar-refractivity contribution in [2.45, 2.75) is 12.0 Å². The lowest BCUT2D eigenvalue weighted by molar-refractivity contribution is 0.141. The topological polar surface area (TPSA) is 46.2 Å². The molecule has 0 fully saturated rings. The molecule has 0 aromatic heterocycles. The van der Waals surface area contributed by atoms with Crippen molar-refractivity contribution in [1.29, 1.82) is 0 Å². The van der Waals surface area contributed by atoms with Crippen molar-refractivity contribution in [3.8, 4) is 0 Å². The molecule has 0 spiro atoms. The van der Waals surface area contributed by atoms with E-state index in [-0.39, 0.29) is 22.7 Å². The highest BCUT2D eigenvalue weighted by Crippen LogP contribution is 2.36. The second-order valence-electron chi connectivity index (χ2n) is 4.59. The highest BCUT2D eigenvalue weighted by atomic mass is 35.5. The molecule has 0 bridgehead atoms. The van der Waals surface area contributed by atoms with Crippen LogP contribution in [0.5, 0.6) is 0 Å². The van der Waals surface area contributed by atoms with E-state index < -0.39 is 29.5 Å². The SMILES string of the molecule is NCC(c1c(F)cccc1Cl)C(O)c1cc(F)ccc1F. The molecule has 2 rings (SSSR count). The first-order valence-corrected chi connectivity index (χ1v) is 6.60. The standard InChI is InChI=1S/C15H13ClF3NO/c16-11-2-1-3-13(19)14(11)10(7-20)15(21)9-6-8(17)4-5-12(9)18/h1-6,10,15,21H,7,20H2. The molecule has 0 saturated carbocycles. The third-order valence-corrected chi connectivity index (χ3v) is 3.61. The van der Waals surface area contributed by atoms with Gasteiger partial charge in [0.25, 0.3) is 0 Å². The number of benzene rings is 2. The van der Waals surface area contributed by atoms with Gasteiger partial charge in [-0.15, -0.1) is 0 Å². The minimum Gasteiger partial charge on any atom is -0.388 e. The van der Waals surface area contributed by atoms with Gasteiger partial charge in [-0.05, 0) is 30.3 Å². The third-order valence-electron chi connectivity index (χ3n) is 3.28. The minimum atomic E-state index is -1.51. The van der Waals surface area contributed by atoms with Crippen LogP contribution in [0.25, 0.3) is 0 Å². The van der Waals surface area contributed by atoms with E-state index in [1.54, 1.807) is 0 Å². The van der Waals surface area contributed by atoms with Crippen molar-refractivity contribution in [3.63, 3.8) is 0 Å². The van der Waals surface area contributed by atoms with Crippen LogP contribution in [-0.2, 0) is 0 Å². The first-order valence-electron chi connectivity index (χ1n) is 6.22. The molecule has 2 atom stereocenters. The van der Waals surface area contributed by atoms with Gasteiger partial charge in [-0.1, -0.05) is 17.7 Å². The predicted octanol–water partition coefficient (Wildman–Crippen LogP) is 3.53. The fourth-order valence-electron chi connectivity index (χ4n) is 2.23. The summed E-state index contributed by atoms with van der Waals surface area (Å²) in [5.41, 5.74) is 5.26. The smallest absolute Gasteiger partial charge is 0.129 e. The maximum absolute atomic E-state index is 13.9. The van der Waals surface area contributed by atoms with Crippen LogP contribution < -0.4 is 5.73 Å². The molecule has 0 aliphatic rings. The Morgan fingerprint density at radius 3 is 2.43 bits per heavy atom. The van der Waals surface area contributed by atoms with E-state index in [4.69, 9.17) is 17.3 Å². The maximum Gasteiger partial charge on any atom is 0.129 e. The summed E-state index contributed by atoms with van der Waals surface area (Å²) >= 11 is 5.93. The average molecular weight is 316 g/mol. The highest BCUT2D eigenvalue weighted by molar-refractivity contribution is 6.31. The zero-order valence-corrected chi connectivity index (χ0v) is 11.6. The maximum atomic E-state index is 13.9. The fourth-order valence-corrected chi connectivity index (χ4v) is 2.53. The first-order chi connectivity index (χ1) is 9.95. The Labute approximate surface area is 125 Å². The lowest BCUT2D eigenvalue weighted by Crippen LogP contribution is -2.22. The van der Waals surface area contributed by atoms with E-state index in [0.29, 0.717) is 0 Å². The summed E-state index contributed by atoms with van der Waals surface area (Å²) in [5.74, 6) is -3.15. The summed E-state index contributed by atoms with van der Waals surface area (Å²) in [6.45, 7) is -0.183. The molecular weight excluding hydrogens is 303 g/mol. The molecular formula is C15H13ClF3NO. The van der Waals surface area contributed by atoms with Gasteiger partial charge in [0.15, 0.2) is 0 Å². The normalized spacial score (nSPS) is 14.0. The number of halogens is 4. The Morgan fingerprint density at radius 2 is 1.81 bits per heavy atom. The summed E-state index contributed by atoms with van der Waals surface area (Å²) in [4.78, 5) is 0. The van der Waals surface area contributed by atoms with Crippen LogP contribution in [0.4, 0.5) is 13.2 Å². The fraction of sp³-hybridized carbons (Fsp3) is 0.200. The molecule has 2 aromatic carbocycles. The summed E-state index contributed by atoms with van der Waals surface area (Å²) < 4.78 is 40.9. The van der Waals surface area contributed by atoms with Gasteiger partial charge >= 0.3 is 0 Å². The minimum absolute atomic E-state index is 0.0159. The summed E-state index contributed by atoms with van der Waals surface area (Å²) in [6.07, 6.45) is -1.51. The van der Waals surface area contributed by atoms with Crippen LogP contribution in [0.1, 0.15) is 23.1 Å². The molecule has 0 aliphatic heterocycles. The summed E-state index contributed by atoms with van der Waals surface area (Å²) in [7, 11) is 0. The number of hydrogen-bond acceptors (Lipinski definition) is 2. The van der Waals surface area contributed by atoms with Gasteiger partial charge in [0.05, 0.1) is 6.10 Å². The summed E-state index contributed by atoms with van der Waals surface area (Å²) in [5, 5.41) is 10.3. The number of rotatable bonds is 4. The van der Waals surface area contributed by atoms with E-state index in [9.17, 15) is 18.3 Å². The molecule has 0 amide bonds. The number of hydrogen-bond donors (Lipinski definition) is 2. The van der Waals surface area contributed by atoms with Crippen molar-refractivity contribution in [1.82, 2.24) is 0 Å². The second kappa shape index (κ2) is 6.47. The Bertz CT molecular complexity index is 631. The summed E-state index contributed by atoms with van der Waals surface area (Å²) in [6, 6.07) is 6.70. The van der Waals surface area contributed by atoms with Crippen LogP contribution in [0.15, 0.2) is 36.4 Å². The number of nitrogens with two attached hydrogens (primary N) is 1. The Morgan fingerprint density at radius 1 is 1.10 bits per heavy atom. The second-order valence-corrected chi connectivity index (χ2v) is 5.00. The molecule has 0 heterocycles. The third kappa shape index (κ3) is 3.20. The van der Waals surface area contributed by atoms with E-state index in [0.717, 1.165) is 18.2 Å². The van der Waals surface area contributed by atoms with Gasteiger partial charge < -0.3 is 10.8 Å². The van der Waals surface area contributed by atoms with Crippen LogP contribution in [0, 0.1) is 17.5 Å². The van der Waals surface area contributed by atoms with Crippen molar-refractivity contribution in [2.75, 3.05) is 6.54 Å². The zero-order valence-electron chi connectivity index (χ0n) is 10.9. The van der Waals surface area contributed by atoms with Crippen LogP contribution in [0.2, 0.25) is 5.02 Å². The van der Waals surface area contributed by atoms with E-state index in [1.807, 2.05) is 0 Å². The van der Waals surface area contributed by atoms with Crippen LogP contribution in [-0.4, -0.2) is 11.7 Å². The molecule has 2 unspecified atom stereocenters. The number of aliphatic hydroxyl groups excluding tert-OH is 1. The largest absolute Gasteiger partial charge is 0.388 e. The van der Waals surface area contributed by atoms with Crippen LogP contribution in [0.3, 0.4) is 0 Å². The molecule has 0 aliphatic carbocycles. The van der Waals surface area contributed by atoms with Crippen molar-refractivity contribution in [2.24, 2.45) is 5.73 Å². The lowest BCUT2D eigenvalue weighted by Gasteiger charge is -2.24. The average Bonchev–Trinajstić information content (AvgIpc) is 2.45. The Balaban J connectivity index is 2.48. The molecule has 0 radical (unpaired) electrons. The molecule has 2 nitrogen and oxygen atoms in total. The van der Waals surface area contributed by atoms with Gasteiger partial charge in [-0.2, -0.15) is 0 Å². The molecule has 0 saturated heterocycles. The van der Waals surface area contributed by atoms with Crippen molar-refractivity contribution in [3.05, 3.63) is 70.0 Å². The molecule has 3 N–H and O–H groups in total. The Hall–Kier alpha value is -1.56.